The highest BCUT2D eigenvalue weighted by Crippen LogP contribution is 2.32. The first-order chi connectivity index (χ1) is 21.1. The summed E-state index contributed by atoms with van der Waals surface area (Å²) in [5, 5.41) is 9.16. The van der Waals surface area contributed by atoms with Crippen LogP contribution in [0.4, 0.5) is 5.82 Å². The molecule has 1 fully saturated rings. The van der Waals surface area contributed by atoms with Crippen LogP contribution in [0.15, 0.2) is 97.7 Å². The van der Waals surface area contributed by atoms with Crippen LogP contribution in [0.2, 0.25) is 0 Å². The summed E-state index contributed by atoms with van der Waals surface area (Å²) in [6.07, 6.45) is 4.62. The van der Waals surface area contributed by atoms with Gasteiger partial charge in [-0.2, -0.15) is 5.26 Å². The molecule has 0 unspecified atom stereocenters. The quantitative estimate of drug-likeness (QED) is 0.201. The lowest BCUT2D eigenvalue weighted by molar-refractivity contribution is -0.128. The first-order valence-electron chi connectivity index (χ1n) is 14.3. The number of nitrogens with zero attached hydrogens (tertiary/aromatic N) is 7. The number of hydrogen-bond donors (Lipinski definition) is 1. The summed E-state index contributed by atoms with van der Waals surface area (Å²) in [6.45, 7) is 6.17. The monoisotopic (exact) mass is 568 g/mol. The number of benzene rings is 2. The van der Waals surface area contributed by atoms with E-state index in [1.807, 2.05) is 59.2 Å². The Kier molecular flexibility index (Phi) is 7.94. The topological polar surface area (TPSA) is 117 Å². The van der Waals surface area contributed by atoms with Gasteiger partial charge in [-0.3, -0.25) is 14.3 Å². The number of hydrogen-bond acceptors (Lipinski definition) is 7. The summed E-state index contributed by atoms with van der Waals surface area (Å²) in [6, 6.07) is 28.5. The molecule has 0 radical (unpaired) electrons. The van der Waals surface area contributed by atoms with Crippen molar-refractivity contribution >= 4 is 22.9 Å². The summed E-state index contributed by atoms with van der Waals surface area (Å²) in [5.74, 6) is 0.912. The maximum atomic E-state index is 12.2. The van der Waals surface area contributed by atoms with Gasteiger partial charge in [-0.25, -0.2) is 15.0 Å². The van der Waals surface area contributed by atoms with E-state index in [-0.39, 0.29) is 18.5 Å². The summed E-state index contributed by atoms with van der Waals surface area (Å²) >= 11 is 0. The fourth-order valence-electron chi connectivity index (χ4n) is 5.74. The summed E-state index contributed by atoms with van der Waals surface area (Å²) in [5.41, 5.74) is 12.6. The molecule has 43 heavy (non-hydrogen) atoms. The molecule has 9 nitrogen and oxygen atoms in total. The van der Waals surface area contributed by atoms with Crippen molar-refractivity contribution in [2.75, 3.05) is 25.4 Å². The molecule has 0 atom stereocenters. The number of likely N-dealkylation sites (tertiary alicyclic amines) is 1. The predicted octanol–water partition coefficient (Wildman–Crippen LogP) is 5.23. The van der Waals surface area contributed by atoms with Gasteiger partial charge in [0.1, 0.15) is 17.9 Å². The second-order valence-corrected chi connectivity index (χ2v) is 10.6. The second-order valence-electron chi connectivity index (χ2n) is 10.6. The van der Waals surface area contributed by atoms with E-state index in [0.29, 0.717) is 11.6 Å². The van der Waals surface area contributed by atoms with Gasteiger partial charge in [0.05, 0.1) is 17.3 Å². The number of nitriles is 1. The van der Waals surface area contributed by atoms with Crippen molar-refractivity contribution in [1.29, 1.82) is 5.26 Å². The highest BCUT2D eigenvalue weighted by atomic mass is 16.2. The van der Waals surface area contributed by atoms with Gasteiger partial charge in [-0.1, -0.05) is 49.0 Å². The van der Waals surface area contributed by atoms with E-state index in [0.717, 1.165) is 66.1 Å². The third-order valence-electron chi connectivity index (χ3n) is 7.95. The van der Waals surface area contributed by atoms with Crippen LogP contribution in [0.3, 0.4) is 0 Å². The summed E-state index contributed by atoms with van der Waals surface area (Å²) < 4.78 is 2.05. The zero-order valence-corrected chi connectivity index (χ0v) is 23.8. The van der Waals surface area contributed by atoms with Crippen LogP contribution < -0.4 is 5.73 Å². The van der Waals surface area contributed by atoms with E-state index >= 15 is 0 Å². The molecule has 9 heteroatoms. The molecule has 2 N–H and O–H groups in total. The lowest BCUT2D eigenvalue weighted by Gasteiger charge is -2.37. The van der Waals surface area contributed by atoms with E-state index in [9.17, 15) is 4.79 Å². The van der Waals surface area contributed by atoms with Crippen LogP contribution in [-0.2, 0) is 11.3 Å². The lowest BCUT2D eigenvalue weighted by Crippen LogP contribution is -2.46. The van der Waals surface area contributed by atoms with Crippen LogP contribution in [0.25, 0.3) is 39.5 Å². The van der Waals surface area contributed by atoms with Crippen molar-refractivity contribution in [1.82, 2.24) is 29.3 Å². The third-order valence-corrected chi connectivity index (χ3v) is 7.95. The number of carbonyl (C=O) groups is 1. The summed E-state index contributed by atoms with van der Waals surface area (Å²) in [4.78, 5) is 30.5. The maximum absolute atomic E-state index is 12.2. The first kappa shape index (κ1) is 27.8. The number of amides is 1. The number of nitrogens with two attached hydrogens (primary N) is 1. The van der Waals surface area contributed by atoms with E-state index in [1.165, 1.54) is 11.6 Å². The normalized spacial score (nSPS) is 13.9. The average Bonchev–Trinajstić information content (AvgIpc) is 3.43. The Morgan fingerprint density at radius 3 is 2.49 bits per heavy atom. The molecule has 4 heterocycles. The lowest BCUT2D eigenvalue weighted by atomic mass is 10.0. The Labute approximate surface area is 250 Å². The van der Waals surface area contributed by atoms with Gasteiger partial charge in [-0.05, 0) is 60.9 Å². The Balaban J connectivity index is 1.28. The average molecular weight is 569 g/mol. The van der Waals surface area contributed by atoms with Gasteiger partial charge < -0.3 is 10.6 Å². The number of fused-ring (bicyclic) bond motifs is 1. The third kappa shape index (κ3) is 5.73. The van der Waals surface area contributed by atoms with Crippen LogP contribution in [0.5, 0.6) is 0 Å². The minimum absolute atomic E-state index is 0.0601. The number of pyridine rings is 2. The molecule has 1 amide bonds. The van der Waals surface area contributed by atoms with Gasteiger partial charge in [0.25, 0.3) is 0 Å². The maximum Gasteiger partial charge on any atom is 0.247 e. The minimum Gasteiger partial charge on any atom is -0.383 e. The van der Waals surface area contributed by atoms with Crippen molar-refractivity contribution in [3.63, 3.8) is 0 Å². The molecule has 214 valence electrons. The van der Waals surface area contributed by atoms with Crippen LogP contribution >= 0.6 is 0 Å². The highest BCUT2D eigenvalue weighted by Gasteiger charge is 2.27. The smallest absolute Gasteiger partial charge is 0.247 e. The molecule has 0 aliphatic carbocycles. The molecule has 1 aliphatic heterocycles. The van der Waals surface area contributed by atoms with E-state index < -0.39 is 0 Å². The molecule has 5 aromatic rings. The molecule has 1 saturated heterocycles. The fourth-order valence-corrected chi connectivity index (χ4v) is 5.74. The predicted molar refractivity (Wildman–Crippen MR) is 168 cm³/mol. The molecule has 0 bridgehead atoms. The first-order valence-corrected chi connectivity index (χ1v) is 14.3. The van der Waals surface area contributed by atoms with Gasteiger partial charge in [0.15, 0.2) is 11.5 Å². The number of aromatic nitrogens is 4. The second kappa shape index (κ2) is 12.3. The van der Waals surface area contributed by atoms with Crippen molar-refractivity contribution in [3.05, 3.63) is 103 Å². The number of imidazole rings is 1. The fraction of sp³-hybridized carbons (Fsp3) is 0.206. The van der Waals surface area contributed by atoms with Gasteiger partial charge in [-0.15, -0.1) is 0 Å². The molecular weight excluding hydrogens is 536 g/mol. The Bertz CT molecular complexity index is 1800. The largest absolute Gasteiger partial charge is 0.383 e. The van der Waals surface area contributed by atoms with Gasteiger partial charge in [0, 0.05) is 43.1 Å². The van der Waals surface area contributed by atoms with E-state index in [4.69, 9.17) is 21.0 Å². The van der Waals surface area contributed by atoms with Crippen molar-refractivity contribution in [3.8, 4) is 34.4 Å². The van der Waals surface area contributed by atoms with Crippen molar-refractivity contribution in [2.45, 2.75) is 25.4 Å². The summed E-state index contributed by atoms with van der Waals surface area (Å²) in [7, 11) is 0. The number of nitrogen functional groups attached to an aromatic ring is 1. The van der Waals surface area contributed by atoms with Crippen molar-refractivity contribution in [2.24, 2.45) is 0 Å². The highest BCUT2D eigenvalue weighted by molar-refractivity contribution is 5.87. The number of anilines is 1. The molecule has 0 spiro atoms. The zero-order valence-electron chi connectivity index (χ0n) is 23.8. The van der Waals surface area contributed by atoms with Crippen molar-refractivity contribution < 1.29 is 4.79 Å². The number of rotatable bonds is 8. The Morgan fingerprint density at radius 1 is 1.02 bits per heavy atom. The Hall–Kier alpha value is -5.33. The van der Waals surface area contributed by atoms with Crippen LogP contribution in [0.1, 0.15) is 18.4 Å². The van der Waals surface area contributed by atoms with Crippen LogP contribution in [0, 0.1) is 11.3 Å². The molecular formula is C34H32N8O. The Morgan fingerprint density at radius 2 is 1.79 bits per heavy atom. The molecule has 0 saturated carbocycles. The van der Waals surface area contributed by atoms with Gasteiger partial charge in [0.2, 0.25) is 5.91 Å². The van der Waals surface area contributed by atoms with E-state index in [1.54, 1.807) is 11.1 Å². The molecule has 3 aromatic heterocycles. The number of piperidine rings is 1. The van der Waals surface area contributed by atoms with Gasteiger partial charge >= 0.3 is 0 Å². The minimum atomic E-state index is -0.180. The zero-order chi connectivity index (χ0) is 29.8. The molecule has 2 aromatic carbocycles. The van der Waals surface area contributed by atoms with E-state index in [2.05, 4.69) is 46.8 Å². The van der Waals surface area contributed by atoms with Crippen LogP contribution in [-0.4, -0.2) is 60.9 Å². The number of carbonyl (C=O) groups excluding carboxylic acids is 1. The SMILES string of the molecule is C=CC(=O)N(CC#N)C1CCN(Cc2ccc(-n3c(-c4cccnc4N)nc4ccc(-c5ccccc5)nc43)cc2)CC1. The standard InChI is InChI=1S/C34H32N8O/c1-2-31(43)41(22-18-35)26-16-20-40(21-17-26)23-24-10-12-27(13-11-24)42-33(28-9-6-19-37-32(28)36)39-30-15-14-29(38-34(30)42)25-7-4-3-5-8-25/h2-15,19,26H,1,16-17,20-23H2,(H2,36,37). The molecule has 6 rings (SSSR count). The molecule has 1 aliphatic rings.